The van der Waals surface area contributed by atoms with Crippen molar-refractivity contribution in [3.63, 3.8) is 0 Å². The Hall–Kier alpha value is -1.11. The third-order valence-corrected chi connectivity index (χ3v) is 3.30. The summed E-state index contributed by atoms with van der Waals surface area (Å²) in [5.41, 5.74) is 1.01. The number of ether oxygens (including phenoxy) is 1. The van der Waals surface area contributed by atoms with Crippen LogP contribution >= 0.6 is 22.6 Å². The van der Waals surface area contributed by atoms with Crippen LogP contribution in [0.25, 0.3) is 0 Å². The van der Waals surface area contributed by atoms with E-state index in [1.54, 1.807) is 0 Å². The van der Waals surface area contributed by atoms with Gasteiger partial charge >= 0.3 is 5.97 Å². The van der Waals surface area contributed by atoms with Crippen LogP contribution in [0.5, 0.6) is 0 Å². The molecule has 0 fully saturated rings. The standard InChI is InChI=1S/C12H14INO3/c1-8(15)14-11(12(16)17-2)7-9-5-3-4-6-10(9)13/h3-6,11H,7H2,1-2H3,(H,14,15)/t11-/m0/s1. The molecule has 4 nitrogen and oxygen atoms in total. The summed E-state index contributed by atoms with van der Waals surface area (Å²) in [5.74, 6) is -0.675. The van der Waals surface area contributed by atoms with E-state index < -0.39 is 12.0 Å². The summed E-state index contributed by atoms with van der Waals surface area (Å²) in [6.45, 7) is 1.38. The van der Waals surface area contributed by atoms with Gasteiger partial charge in [0.25, 0.3) is 0 Å². The topological polar surface area (TPSA) is 55.4 Å². The molecule has 1 amide bonds. The molecule has 0 bridgehead atoms. The Bertz CT molecular complexity index is 420. The molecule has 0 unspecified atom stereocenters. The minimum atomic E-state index is -0.631. The second-order valence-electron chi connectivity index (χ2n) is 3.57. The average molecular weight is 347 g/mol. The van der Waals surface area contributed by atoms with Gasteiger partial charge < -0.3 is 10.1 Å². The van der Waals surface area contributed by atoms with Gasteiger partial charge in [0.1, 0.15) is 6.04 Å². The lowest BCUT2D eigenvalue weighted by Gasteiger charge is -2.16. The number of carbonyl (C=O) groups is 2. The fourth-order valence-electron chi connectivity index (χ4n) is 1.46. The van der Waals surface area contributed by atoms with Gasteiger partial charge in [-0.15, -0.1) is 0 Å². The van der Waals surface area contributed by atoms with E-state index >= 15 is 0 Å². The SMILES string of the molecule is COC(=O)[C@H](Cc1ccccc1I)NC(C)=O. The highest BCUT2D eigenvalue weighted by Gasteiger charge is 2.21. The first-order valence-corrected chi connectivity index (χ1v) is 6.20. The van der Waals surface area contributed by atoms with Crippen molar-refractivity contribution in [3.8, 4) is 0 Å². The number of halogens is 1. The van der Waals surface area contributed by atoms with Gasteiger partial charge in [0.2, 0.25) is 5.91 Å². The molecular formula is C12H14INO3. The summed E-state index contributed by atoms with van der Waals surface area (Å²) < 4.78 is 5.73. The van der Waals surface area contributed by atoms with E-state index in [4.69, 9.17) is 0 Å². The van der Waals surface area contributed by atoms with E-state index in [1.807, 2.05) is 24.3 Å². The molecule has 0 aliphatic rings. The van der Waals surface area contributed by atoms with Crippen LogP contribution in [0.2, 0.25) is 0 Å². The Morgan fingerprint density at radius 2 is 2.06 bits per heavy atom. The van der Waals surface area contributed by atoms with Gasteiger partial charge in [-0.3, -0.25) is 4.79 Å². The molecule has 17 heavy (non-hydrogen) atoms. The first-order chi connectivity index (χ1) is 8.04. The van der Waals surface area contributed by atoms with Gasteiger partial charge in [0, 0.05) is 16.9 Å². The number of benzene rings is 1. The Morgan fingerprint density at radius 3 is 2.59 bits per heavy atom. The van der Waals surface area contributed by atoms with Gasteiger partial charge in [0.15, 0.2) is 0 Å². The van der Waals surface area contributed by atoms with Crippen LogP contribution in [0.1, 0.15) is 12.5 Å². The smallest absolute Gasteiger partial charge is 0.328 e. The highest BCUT2D eigenvalue weighted by atomic mass is 127. The monoisotopic (exact) mass is 347 g/mol. The highest BCUT2D eigenvalue weighted by Crippen LogP contribution is 2.14. The number of hydrogen-bond acceptors (Lipinski definition) is 3. The number of hydrogen-bond donors (Lipinski definition) is 1. The maximum Gasteiger partial charge on any atom is 0.328 e. The number of amides is 1. The van der Waals surface area contributed by atoms with Crippen molar-refractivity contribution in [1.29, 1.82) is 0 Å². The molecule has 1 aromatic rings. The summed E-state index contributed by atoms with van der Waals surface area (Å²) in [5, 5.41) is 2.59. The molecule has 0 heterocycles. The first-order valence-electron chi connectivity index (χ1n) is 5.13. The van der Waals surface area contributed by atoms with Crippen LogP contribution in [0.3, 0.4) is 0 Å². The van der Waals surface area contributed by atoms with Crippen molar-refractivity contribution in [2.45, 2.75) is 19.4 Å². The minimum Gasteiger partial charge on any atom is -0.467 e. The molecule has 92 valence electrons. The Morgan fingerprint density at radius 1 is 1.41 bits per heavy atom. The summed E-state index contributed by atoms with van der Waals surface area (Å²) in [6, 6.07) is 7.09. The average Bonchev–Trinajstić information content (AvgIpc) is 2.29. The highest BCUT2D eigenvalue weighted by molar-refractivity contribution is 14.1. The lowest BCUT2D eigenvalue weighted by Crippen LogP contribution is -2.42. The maximum atomic E-state index is 11.5. The third kappa shape index (κ3) is 4.33. The molecule has 0 spiro atoms. The number of rotatable bonds is 4. The Labute approximate surface area is 114 Å². The zero-order chi connectivity index (χ0) is 12.8. The fourth-order valence-corrected chi connectivity index (χ4v) is 2.07. The van der Waals surface area contributed by atoms with Crippen LogP contribution in [-0.2, 0) is 20.7 Å². The number of carbonyl (C=O) groups excluding carboxylic acids is 2. The molecule has 0 saturated heterocycles. The molecule has 5 heteroatoms. The fraction of sp³-hybridized carbons (Fsp3) is 0.333. The molecule has 1 N–H and O–H groups in total. The van der Waals surface area contributed by atoms with E-state index in [1.165, 1.54) is 14.0 Å². The Kier molecular flexibility index (Phi) is 5.40. The van der Waals surface area contributed by atoms with Gasteiger partial charge in [-0.2, -0.15) is 0 Å². The first kappa shape index (κ1) is 14.0. The summed E-state index contributed by atoms with van der Waals surface area (Å²) in [6.07, 6.45) is 0.436. The second kappa shape index (κ2) is 6.58. The summed E-state index contributed by atoms with van der Waals surface area (Å²) in [7, 11) is 1.31. The largest absolute Gasteiger partial charge is 0.467 e. The molecule has 1 rings (SSSR count). The number of methoxy groups -OCH3 is 1. The summed E-state index contributed by atoms with van der Waals surface area (Å²) in [4.78, 5) is 22.6. The van der Waals surface area contributed by atoms with Crippen LogP contribution < -0.4 is 5.32 Å². The number of esters is 1. The zero-order valence-electron chi connectivity index (χ0n) is 9.70. The lowest BCUT2D eigenvalue weighted by molar-refractivity contribution is -0.144. The molecule has 0 aliphatic carbocycles. The summed E-state index contributed by atoms with van der Waals surface area (Å²) >= 11 is 2.20. The van der Waals surface area contributed by atoms with Crippen molar-refractivity contribution in [1.82, 2.24) is 5.32 Å². The molecule has 0 aromatic heterocycles. The van der Waals surface area contributed by atoms with E-state index in [0.717, 1.165) is 9.13 Å². The van der Waals surface area contributed by atoms with Crippen LogP contribution in [0, 0.1) is 3.57 Å². The molecule has 1 aromatic carbocycles. The Balaban J connectivity index is 2.82. The van der Waals surface area contributed by atoms with Crippen molar-refractivity contribution >= 4 is 34.5 Å². The molecule has 0 aliphatic heterocycles. The molecular weight excluding hydrogens is 333 g/mol. The van der Waals surface area contributed by atoms with Gasteiger partial charge in [-0.1, -0.05) is 18.2 Å². The normalized spacial score (nSPS) is 11.7. The van der Waals surface area contributed by atoms with Gasteiger partial charge in [-0.05, 0) is 34.2 Å². The van der Waals surface area contributed by atoms with Crippen molar-refractivity contribution in [2.24, 2.45) is 0 Å². The van der Waals surface area contributed by atoms with Crippen LogP contribution in [0.4, 0.5) is 0 Å². The quantitative estimate of drug-likeness (QED) is 0.664. The predicted octanol–water partition coefficient (Wildman–Crippen LogP) is 1.51. The number of nitrogens with one attached hydrogen (secondary N) is 1. The lowest BCUT2D eigenvalue weighted by atomic mass is 10.1. The van der Waals surface area contributed by atoms with Gasteiger partial charge in [-0.25, -0.2) is 4.79 Å². The van der Waals surface area contributed by atoms with E-state index in [2.05, 4.69) is 32.6 Å². The molecule has 0 saturated carbocycles. The van der Waals surface area contributed by atoms with Crippen LogP contribution in [0.15, 0.2) is 24.3 Å². The third-order valence-electron chi connectivity index (χ3n) is 2.25. The van der Waals surface area contributed by atoms with Crippen LogP contribution in [-0.4, -0.2) is 25.0 Å². The zero-order valence-corrected chi connectivity index (χ0v) is 11.9. The molecule has 1 atom stereocenters. The van der Waals surface area contributed by atoms with E-state index in [9.17, 15) is 9.59 Å². The minimum absolute atomic E-state index is 0.244. The second-order valence-corrected chi connectivity index (χ2v) is 4.73. The van der Waals surface area contributed by atoms with Crippen molar-refractivity contribution in [2.75, 3.05) is 7.11 Å². The maximum absolute atomic E-state index is 11.5. The van der Waals surface area contributed by atoms with Crippen molar-refractivity contribution in [3.05, 3.63) is 33.4 Å². The molecule has 0 radical (unpaired) electrons. The van der Waals surface area contributed by atoms with E-state index in [-0.39, 0.29) is 5.91 Å². The van der Waals surface area contributed by atoms with Gasteiger partial charge in [0.05, 0.1) is 7.11 Å². The van der Waals surface area contributed by atoms with Crippen molar-refractivity contribution < 1.29 is 14.3 Å². The predicted molar refractivity (Wildman–Crippen MR) is 72.5 cm³/mol. The van der Waals surface area contributed by atoms with E-state index in [0.29, 0.717) is 6.42 Å².